The van der Waals surface area contributed by atoms with Crippen LogP contribution in [0.4, 0.5) is 0 Å². The maximum atomic E-state index is 5.54. The molecule has 17 heavy (non-hydrogen) atoms. The molecule has 0 saturated heterocycles. The van der Waals surface area contributed by atoms with Crippen LogP contribution < -0.4 is 0 Å². The molecule has 1 aromatic carbocycles. The molecule has 0 radical (unpaired) electrons. The van der Waals surface area contributed by atoms with Crippen molar-refractivity contribution in [3.05, 3.63) is 40.6 Å². The zero-order chi connectivity index (χ0) is 11.7. The van der Waals surface area contributed by atoms with Crippen LogP contribution in [0.2, 0.25) is 0 Å². The minimum atomic E-state index is 0.687. The highest BCUT2D eigenvalue weighted by molar-refractivity contribution is 5.82. The third kappa shape index (κ3) is 1.99. The van der Waals surface area contributed by atoms with Gasteiger partial charge in [0.25, 0.3) is 0 Å². The molecule has 2 aliphatic rings. The van der Waals surface area contributed by atoms with Gasteiger partial charge in [-0.2, -0.15) is 0 Å². The lowest BCUT2D eigenvalue weighted by atomic mass is 9.98. The molecule has 88 valence electrons. The van der Waals surface area contributed by atoms with Crippen molar-refractivity contribution in [2.45, 2.75) is 32.6 Å². The van der Waals surface area contributed by atoms with Crippen LogP contribution in [0.5, 0.6) is 0 Å². The first-order chi connectivity index (χ1) is 8.36. The van der Waals surface area contributed by atoms with Gasteiger partial charge < -0.3 is 4.74 Å². The first-order valence-electron chi connectivity index (χ1n) is 6.37. The maximum Gasteiger partial charge on any atom is 0.192 e. The zero-order valence-corrected chi connectivity index (χ0v) is 10.2. The van der Waals surface area contributed by atoms with Gasteiger partial charge in [0, 0.05) is 12.6 Å². The van der Waals surface area contributed by atoms with Gasteiger partial charge in [-0.1, -0.05) is 12.1 Å². The van der Waals surface area contributed by atoms with Crippen molar-refractivity contribution < 1.29 is 4.74 Å². The molecule has 0 aromatic heterocycles. The van der Waals surface area contributed by atoms with Gasteiger partial charge in [-0.3, -0.25) is 0 Å². The molecular formula is C15H17NO. The highest BCUT2D eigenvalue weighted by atomic mass is 16.5. The average Bonchev–Trinajstić information content (AvgIpc) is 2.67. The summed E-state index contributed by atoms with van der Waals surface area (Å²) < 4.78 is 5.54. The summed E-state index contributed by atoms with van der Waals surface area (Å²) in [5.41, 5.74) is 5.71. The third-order valence-corrected chi connectivity index (χ3v) is 3.48. The van der Waals surface area contributed by atoms with Crippen LogP contribution in [0.3, 0.4) is 0 Å². The summed E-state index contributed by atoms with van der Waals surface area (Å²) in [6.45, 7) is 2.69. The van der Waals surface area contributed by atoms with Gasteiger partial charge in [0.05, 0.1) is 6.61 Å². The monoisotopic (exact) mass is 227 g/mol. The Morgan fingerprint density at radius 1 is 1.18 bits per heavy atom. The van der Waals surface area contributed by atoms with E-state index in [0.29, 0.717) is 6.61 Å². The Kier molecular flexibility index (Phi) is 2.71. The second-order valence-electron chi connectivity index (χ2n) is 4.62. The van der Waals surface area contributed by atoms with E-state index in [1.54, 1.807) is 0 Å². The molecule has 0 unspecified atom stereocenters. The van der Waals surface area contributed by atoms with Crippen molar-refractivity contribution in [2.75, 3.05) is 6.61 Å². The molecule has 1 aliphatic carbocycles. The smallest absolute Gasteiger partial charge is 0.192 e. The molecule has 2 nitrogen and oxygen atoms in total. The molecule has 2 heteroatoms. The molecule has 3 rings (SSSR count). The molecule has 0 atom stereocenters. The van der Waals surface area contributed by atoms with Gasteiger partial charge in [-0.15, -0.1) is 0 Å². The van der Waals surface area contributed by atoms with Crippen LogP contribution in [0.15, 0.2) is 23.3 Å². The first-order valence-corrected chi connectivity index (χ1v) is 6.37. The van der Waals surface area contributed by atoms with E-state index >= 15 is 0 Å². The summed E-state index contributed by atoms with van der Waals surface area (Å²) in [6, 6.07) is 4.68. The largest absolute Gasteiger partial charge is 0.481 e. The van der Waals surface area contributed by atoms with Crippen LogP contribution in [0.1, 0.15) is 35.6 Å². The predicted octanol–water partition coefficient (Wildman–Crippen LogP) is 3.14. The number of hydrogen-bond donors (Lipinski definition) is 0. The lowest BCUT2D eigenvalue weighted by Gasteiger charge is -2.10. The van der Waals surface area contributed by atoms with Gasteiger partial charge in [-0.05, 0) is 54.5 Å². The second-order valence-corrected chi connectivity index (χ2v) is 4.62. The van der Waals surface area contributed by atoms with Gasteiger partial charge in [-0.25, -0.2) is 4.99 Å². The summed E-state index contributed by atoms with van der Waals surface area (Å²) >= 11 is 0. The van der Waals surface area contributed by atoms with Gasteiger partial charge in [0.2, 0.25) is 0 Å². The van der Waals surface area contributed by atoms with E-state index in [9.17, 15) is 0 Å². The standard InChI is InChI=1S/C15H17NO/c1-2-17-15-10-14-9-12-5-3-4-11(12)8-13(14)6-7-16-15/h6-9H,2-5,10H2,1H3. The third-order valence-electron chi connectivity index (χ3n) is 3.48. The van der Waals surface area contributed by atoms with Gasteiger partial charge in [0.15, 0.2) is 5.90 Å². The summed E-state index contributed by atoms with van der Waals surface area (Å²) in [6.07, 6.45) is 8.54. The fourth-order valence-electron chi connectivity index (χ4n) is 2.67. The maximum absolute atomic E-state index is 5.54. The zero-order valence-electron chi connectivity index (χ0n) is 10.2. The molecular weight excluding hydrogens is 210 g/mol. The molecule has 0 saturated carbocycles. The van der Waals surface area contributed by atoms with Gasteiger partial charge >= 0.3 is 0 Å². The number of nitrogens with zero attached hydrogens (tertiary/aromatic N) is 1. The number of aryl methyl sites for hydroxylation is 2. The SMILES string of the molecule is CCOC1=NC=Cc2cc3c(cc2C1)CCC3. The Balaban J connectivity index is 1.98. The normalized spacial score (nSPS) is 17.1. The number of rotatable bonds is 1. The number of benzene rings is 1. The summed E-state index contributed by atoms with van der Waals surface area (Å²) in [5.74, 6) is 0.834. The molecule has 0 fully saturated rings. The summed E-state index contributed by atoms with van der Waals surface area (Å²) in [4.78, 5) is 4.34. The van der Waals surface area contributed by atoms with Crippen molar-refractivity contribution in [3.8, 4) is 0 Å². The Morgan fingerprint density at radius 2 is 2.00 bits per heavy atom. The van der Waals surface area contributed by atoms with Crippen molar-refractivity contribution in [2.24, 2.45) is 4.99 Å². The number of ether oxygens (including phenoxy) is 1. The summed E-state index contributed by atoms with van der Waals surface area (Å²) in [5, 5.41) is 0. The van der Waals surface area contributed by atoms with Crippen LogP contribution in [0.25, 0.3) is 6.08 Å². The van der Waals surface area contributed by atoms with E-state index < -0.39 is 0 Å². The average molecular weight is 227 g/mol. The fraction of sp³-hybridized carbons (Fsp3) is 0.400. The lowest BCUT2D eigenvalue weighted by molar-refractivity contribution is 0.320. The molecule has 0 amide bonds. The Morgan fingerprint density at radius 3 is 2.82 bits per heavy atom. The van der Waals surface area contributed by atoms with E-state index in [0.717, 1.165) is 12.3 Å². The molecule has 0 bridgehead atoms. The molecule has 1 aliphatic heterocycles. The van der Waals surface area contributed by atoms with Gasteiger partial charge in [0.1, 0.15) is 0 Å². The Hall–Kier alpha value is -1.57. The predicted molar refractivity (Wildman–Crippen MR) is 70.3 cm³/mol. The quantitative estimate of drug-likeness (QED) is 0.722. The topological polar surface area (TPSA) is 21.6 Å². The molecule has 0 N–H and O–H groups in total. The van der Waals surface area contributed by atoms with Crippen LogP contribution >= 0.6 is 0 Å². The second kappa shape index (κ2) is 4.36. The van der Waals surface area contributed by atoms with E-state index in [-0.39, 0.29) is 0 Å². The first kappa shape index (κ1) is 10.6. The van der Waals surface area contributed by atoms with Crippen molar-refractivity contribution >= 4 is 12.0 Å². The molecule has 0 spiro atoms. The van der Waals surface area contributed by atoms with Crippen molar-refractivity contribution in [3.63, 3.8) is 0 Å². The fourth-order valence-corrected chi connectivity index (χ4v) is 2.67. The van der Waals surface area contributed by atoms with Crippen LogP contribution in [-0.4, -0.2) is 12.5 Å². The molecule has 1 heterocycles. The lowest BCUT2D eigenvalue weighted by Crippen LogP contribution is -2.08. The highest BCUT2D eigenvalue weighted by Gasteiger charge is 2.16. The minimum absolute atomic E-state index is 0.687. The van der Waals surface area contributed by atoms with E-state index in [2.05, 4.69) is 23.2 Å². The van der Waals surface area contributed by atoms with Crippen LogP contribution in [-0.2, 0) is 24.0 Å². The van der Waals surface area contributed by atoms with E-state index in [1.165, 1.54) is 41.5 Å². The van der Waals surface area contributed by atoms with Crippen LogP contribution in [0, 0.1) is 0 Å². The Bertz CT molecular complexity index is 500. The minimum Gasteiger partial charge on any atom is -0.481 e. The Labute approximate surface area is 102 Å². The highest BCUT2D eigenvalue weighted by Crippen LogP contribution is 2.27. The number of aliphatic imine (C=N–C) groups is 1. The molecule has 1 aromatic rings. The summed E-state index contributed by atoms with van der Waals surface area (Å²) in [7, 11) is 0. The number of fused-ring (bicyclic) bond motifs is 2. The van der Waals surface area contributed by atoms with Crippen molar-refractivity contribution in [1.29, 1.82) is 0 Å². The van der Waals surface area contributed by atoms with Crippen molar-refractivity contribution in [1.82, 2.24) is 0 Å². The number of hydrogen-bond acceptors (Lipinski definition) is 2. The van der Waals surface area contributed by atoms with E-state index in [4.69, 9.17) is 4.74 Å². The van der Waals surface area contributed by atoms with E-state index in [1.807, 2.05) is 13.1 Å².